The molecule has 0 aliphatic carbocycles. The molecule has 2 rings (SSSR count). The maximum atomic E-state index is 9.22. The van der Waals surface area contributed by atoms with Gasteiger partial charge in [0.1, 0.15) is 5.01 Å². The van der Waals surface area contributed by atoms with Crippen molar-refractivity contribution in [1.29, 1.82) is 0 Å². The smallest absolute Gasteiger partial charge is 0.109 e. The summed E-state index contributed by atoms with van der Waals surface area (Å²) in [4.78, 5) is 6.68. The molecule has 0 unspecified atom stereocenters. The van der Waals surface area contributed by atoms with Gasteiger partial charge in [-0.25, -0.2) is 4.98 Å². The van der Waals surface area contributed by atoms with Crippen molar-refractivity contribution in [1.82, 2.24) is 9.88 Å². The minimum Gasteiger partial charge on any atom is -0.395 e. The monoisotopic (exact) mass is 212 g/mol. The van der Waals surface area contributed by atoms with E-state index in [1.807, 2.05) is 11.6 Å². The summed E-state index contributed by atoms with van der Waals surface area (Å²) >= 11 is 1.70. The molecule has 0 bridgehead atoms. The van der Waals surface area contributed by atoms with Crippen LogP contribution in [0, 0.1) is 0 Å². The fourth-order valence-corrected chi connectivity index (χ4v) is 2.86. The van der Waals surface area contributed by atoms with Crippen molar-refractivity contribution in [3.8, 4) is 0 Å². The summed E-state index contributed by atoms with van der Waals surface area (Å²) < 4.78 is 0. The van der Waals surface area contributed by atoms with Crippen LogP contribution < -0.4 is 0 Å². The Kier molecular flexibility index (Phi) is 3.15. The second-order valence-corrected chi connectivity index (χ2v) is 4.69. The van der Waals surface area contributed by atoms with Gasteiger partial charge in [0.2, 0.25) is 0 Å². The fourth-order valence-electron chi connectivity index (χ4n) is 2.15. The van der Waals surface area contributed by atoms with E-state index in [1.165, 1.54) is 6.42 Å². The Labute approximate surface area is 88.4 Å². The molecule has 3 nitrogen and oxygen atoms in total. The van der Waals surface area contributed by atoms with E-state index in [2.05, 4.69) is 16.8 Å². The molecule has 1 aliphatic rings. The van der Waals surface area contributed by atoms with Gasteiger partial charge in [-0.05, 0) is 26.3 Å². The molecule has 1 aromatic heterocycles. The predicted molar refractivity (Wildman–Crippen MR) is 57.3 cm³/mol. The normalized spacial score (nSPS) is 25.4. The van der Waals surface area contributed by atoms with Crippen molar-refractivity contribution in [3.63, 3.8) is 0 Å². The molecule has 1 aromatic rings. The first-order valence-corrected chi connectivity index (χ1v) is 5.97. The molecule has 14 heavy (non-hydrogen) atoms. The number of aliphatic hydroxyl groups is 1. The molecule has 0 amide bonds. The van der Waals surface area contributed by atoms with Crippen LogP contribution >= 0.6 is 11.3 Å². The van der Waals surface area contributed by atoms with Gasteiger partial charge in [0.15, 0.2) is 0 Å². The molecule has 2 atom stereocenters. The Hall–Kier alpha value is -0.450. The molecule has 0 radical (unpaired) electrons. The highest BCUT2D eigenvalue weighted by molar-refractivity contribution is 7.09. The number of rotatable bonds is 3. The maximum Gasteiger partial charge on any atom is 0.109 e. The lowest BCUT2D eigenvalue weighted by Crippen LogP contribution is -2.34. The average molecular weight is 212 g/mol. The number of thiazole rings is 1. The van der Waals surface area contributed by atoms with Gasteiger partial charge < -0.3 is 5.11 Å². The summed E-state index contributed by atoms with van der Waals surface area (Å²) in [5.74, 6) is 0. The quantitative estimate of drug-likeness (QED) is 0.828. The van der Waals surface area contributed by atoms with Crippen molar-refractivity contribution in [3.05, 3.63) is 16.6 Å². The minimum atomic E-state index is 0.274. The summed E-state index contributed by atoms with van der Waals surface area (Å²) in [6.07, 6.45) is 4.16. The fraction of sp³-hybridized carbons (Fsp3) is 0.700. The first kappa shape index (κ1) is 10.1. The zero-order valence-electron chi connectivity index (χ0n) is 8.39. The highest BCUT2D eigenvalue weighted by Crippen LogP contribution is 2.29. The van der Waals surface area contributed by atoms with Crippen LogP contribution in [0.25, 0.3) is 0 Å². The second kappa shape index (κ2) is 4.38. The van der Waals surface area contributed by atoms with Gasteiger partial charge in [-0.2, -0.15) is 0 Å². The summed E-state index contributed by atoms with van der Waals surface area (Å²) in [5, 5.41) is 12.4. The van der Waals surface area contributed by atoms with Gasteiger partial charge in [-0.3, -0.25) is 4.90 Å². The average Bonchev–Trinajstić information content (AvgIpc) is 2.87. The predicted octanol–water partition coefficient (Wildman–Crippen LogP) is 1.66. The van der Waals surface area contributed by atoms with Crippen LogP contribution in [-0.2, 0) is 0 Å². The number of aliphatic hydroxyl groups excluding tert-OH is 1. The molecule has 1 fully saturated rings. The molecule has 1 N–H and O–H groups in total. The second-order valence-electron chi connectivity index (χ2n) is 3.76. The van der Waals surface area contributed by atoms with Crippen LogP contribution in [0.4, 0.5) is 0 Å². The van der Waals surface area contributed by atoms with E-state index < -0.39 is 0 Å². The van der Waals surface area contributed by atoms with Gasteiger partial charge in [0, 0.05) is 17.6 Å². The highest BCUT2D eigenvalue weighted by Gasteiger charge is 2.29. The third-order valence-electron chi connectivity index (χ3n) is 2.94. The Balaban J connectivity index is 2.07. The molecule has 4 heteroatoms. The van der Waals surface area contributed by atoms with Gasteiger partial charge >= 0.3 is 0 Å². The number of hydrogen-bond donors (Lipinski definition) is 1. The van der Waals surface area contributed by atoms with E-state index in [-0.39, 0.29) is 6.61 Å². The van der Waals surface area contributed by atoms with Crippen LogP contribution in [-0.4, -0.2) is 34.2 Å². The molecule has 0 aromatic carbocycles. The van der Waals surface area contributed by atoms with E-state index in [1.54, 1.807) is 11.3 Å². The van der Waals surface area contributed by atoms with Gasteiger partial charge in [-0.1, -0.05) is 0 Å². The largest absolute Gasteiger partial charge is 0.395 e. The van der Waals surface area contributed by atoms with Crippen LogP contribution in [0.1, 0.15) is 30.8 Å². The van der Waals surface area contributed by atoms with E-state index in [9.17, 15) is 5.11 Å². The van der Waals surface area contributed by atoms with Crippen molar-refractivity contribution in [2.75, 3.05) is 13.2 Å². The van der Waals surface area contributed by atoms with E-state index in [4.69, 9.17) is 0 Å². The van der Waals surface area contributed by atoms with Crippen LogP contribution in [0.15, 0.2) is 11.6 Å². The Morgan fingerprint density at radius 2 is 2.64 bits per heavy atom. The SMILES string of the molecule is C[C@H](c1nccs1)N1CCC[C@H]1CO. The van der Waals surface area contributed by atoms with Gasteiger partial charge in [0.25, 0.3) is 0 Å². The molecular weight excluding hydrogens is 196 g/mol. The van der Waals surface area contributed by atoms with E-state index in [0.29, 0.717) is 12.1 Å². The topological polar surface area (TPSA) is 36.4 Å². The van der Waals surface area contributed by atoms with Crippen LogP contribution in [0.2, 0.25) is 0 Å². The van der Waals surface area contributed by atoms with Crippen LogP contribution in [0.5, 0.6) is 0 Å². The molecule has 0 spiro atoms. The van der Waals surface area contributed by atoms with Gasteiger partial charge in [0.05, 0.1) is 12.6 Å². The number of nitrogens with zero attached hydrogens (tertiary/aromatic N) is 2. The lowest BCUT2D eigenvalue weighted by Gasteiger charge is -2.27. The van der Waals surface area contributed by atoms with Crippen molar-refractivity contribution < 1.29 is 5.11 Å². The third kappa shape index (κ3) is 1.82. The number of aromatic nitrogens is 1. The zero-order chi connectivity index (χ0) is 9.97. The highest BCUT2D eigenvalue weighted by atomic mass is 32.1. The van der Waals surface area contributed by atoms with Gasteiger partial charge in [-0.15, -0.1) is 11.3 Å². The molecule has 2 heterocycles. The summed E-state index contributed by atoms with van der Waals surface area (Å²) in [5.41, 5.74) is 0. The Morgan fingerprint density at radius 1 is 1.79 bits per heavy atom. The maximum absolute atomic E-state index is 9.22. The van der Waals surface area contributed by atoms with E-state index >= 15 is 0 Å². The van der Waals surface area contributed by atoms with E-state index in [0.717, 1.165) is 18.0 Å². The summed E-state index contributed by atoms with van der Waals surface area (Å²) in [6, 6.07) is 0.698. The molecule has 0 saturated carbocycles. The number of likely N-dealkylation sites (tertiary alicyclic amines) is 1. The Morgan fingerprint density at radius 3 is 3.29 bits per heavy atom. The zero-order valence-corrected chi connectivity index (χ0v) is 9.20. The first-order valence-electron chi connectivity index (χ1n) is 5.09. The summed E-state index contributed by atoms with van der Waals surface area (Å²) in [7, 11) is 0. The molecule has 78 valence electrons. The number of hydrogen-bond acceptors (Lipinski definition) is 4. The first-order chi connectivity index (χ1) is 6.83. The molecule has 1 saturated heterocycles. The van der Waals surface area contributed by atoms with Crippen molar-refractivity contribution in [2.24, 2.45) is 0 Å². The Bertz CT molecular complexity index is 276. The lowest BCUT2D eigenvalue weighted by atomic mass is 10.2. The van der Waals surface area contributed by atoms with Crippen LogP contribution in [0.3, 0.4) is 0 Å². The molecule has 1 aliphatic heterocycles. The summed E-state index contributed by atoms with van der Waals surface area (Å²) in [6.45, 7) is 3.54. The molecular formula is C10H16N2OS. The third-order valence-corrected chi connectivity index (χ3v) is 3.89. The van der Waals surface area contributed by atoms with Crippen molar-refractivity contribution >= 4 is 11.3 Å². The minimum absolute atomic E-state index is 0.274. The standard InChI is InChI=1S/C10H16N2OS/c1-8(10-11-4-6-14-10)12-5-2-3-9(12)7-13/h4,6,8-9,13H,2-3,5,7H2,1H3/t8-,9+/m1/s1. The lowest BCUT2D eigenvalue weighted by molar-refractivity contribution is 0.126. The van der Waals surface area contributed by atoms with Crippen molar-refractivity contribution in [2.45, 2.75) is 31.8 Å².